The van der Waals surface area contributed by atoms with Crippen molar-refractivity contribution in [2.45, 2.75) is 31.7 Å². The Kier molecular flexibility index (Phi) is 4.34. The van der Waals surface area contributed by atoms with Crippen molar-refractivity contribution in [2.24, 2.45) is 10.9 Å². The molecule has 0 aliphatic heterocycles. The number of nitrogens with one attached hydrogen (secondary N) is 1. The van der Waals surface area contributed by atoms with E-state index in [-0.39, 0.29) is 6.04 Å². The zero-order chi connectivity index (χ0) is 11.3. The highest BCUT2D eigenvalue weighted by atomic mass is 16.4. The molecule has 0 spiro atoms. The highest BCUT2D eigenvalue weighted by Gasteiger charge is 2.32. The number of amides is 1. The summed E-state index contributed by atoms with van der Waals surface area (Å²) in [5.74, 6) is 0.465. The Morgan fingerprint density at radius 1 is 1.67 bits per heavy atom. The second-order valence-electron chi connectivity index (χ2n) is 3.86. The maximum absolute atomic E-state index is 10.4. The van der Waals surface area contributed by atoms with Crippen LogP contribution < -0.4 is 5.32 Å². The van der Waals surface area contributed by atoms with E-state index in [1.165, 1.54) is 5.71 Å². The first-order chi connectivity index (χ1) is 7.17. The SMILES string of the molecule is C=CCC/C(=N/C)C1CC(NC(=O)O)C1. The van der Waals surface area contributed by atoms with Gasteiger partial charge in [-0.3, -0.25) is 4.99 Å². The molecule has 1 saturated carbocycles. The first kappa shape index (κ1) is 11.8. The number of rotatable bonds is 5. The molecule has 0 saturated heterocycles. The summed E-state index contributed by atoms with van der Waals surface area (Å²) in [5.41, 5.74) is 1.19. The van der Waals surface area contributed by atoms with Gasteiger partial charge < -0.3 is 10.4 Å². The van der Waals surface area contributed by atoms with Crippen LogP contribution in [0.4, 0.5) is 4.79 Å². The van der Waals surface area contributed by atoms with Crippen molar-refractivity contribution in [3.8, 4) is 0 Å². The minimum Gasteiger partial charge on any atom is -0.465 e. The van der Waals surface area contributed by atoms with E-state index in [0.717, 1.165) is 25.7 Å². The maximum atomic E-state index is 10.4. The summed E-state index contributed by atoms with van der Waals surface area (Å²) in [6.45, 7) is 3.68. The van der Waals surface area contributed by atoms with Gasteiger partial charge in [-0.05, 0) is 25.7 Å². The average Bonchev–Trinajstić information content (AvgIpc) is 2.13. The van der Waals surface area contributed by atoms with Gasteiger partial charge in [-0.2, -0.15) is 0 Å². The number of nitrogens with zero attached hydrogens (tertiary/aromatic N) is 1. The summed E-state index contributed by atoms with van der Waals surface area (Å²) in [6, 6.07) is 0.119. The van der Waals surface area contributed by atoms with Gasteiger partial charge in [-0.1, -0.05) is 6.08 Å². The fraction of sp³-hybridized carbons (Fsp3) is 0.636. The van der Waals surface area contributed by atoms with E-state index in [0.29, 0.717) is 5.92 Å². The predicted octanol–water partition coefficient (Wildman–Crippen LogP) is 2.07. The molecular formula is C11H18N2O2. The molecule has 1 aliphatic carbocycles. The van der Waals surface area contributed by atoms with Gasteiger partial charge in [0, 0.05) is 24.7 Å². The molecule has 1 amide bonds. The van der Waals surface area contributed by atoms with E-state index in [9.17, 15) is 4.79 Å². The normalized spacial score (nSPS) is 25.5. The van der Waals surface area contributed by atoms with Gasteiger partial charge in [-0.15, -0.1) is 6.58 Å². The smallest absolute Gasteiger partial charge is 0.404 e. The van der Waals surface area contributed by atoms with E-state index in [2.05, 4.69) is 16.9 Å². The Labute approximate surface area is 90.1 Å². The van der Waals surface area contributed by atoms with Crippen LogP contribution in [0.2, 0.25) is 0 Å². The third kappa shape index (κ3) is 3.38. The van der Waals surface area contributed by atoms with Crippen LogP contribution in [0, 0.1) is 5.92 Å². The number of carboxylic acid groups (broad SMARTS) is 1. The lowest BCUT2D eigenvalue weighted by molar-refractivity contribution is 0.176. The second-order valence-corrected chi connectivity index (χ2v) is 3.86. The summed E-state index contributed by atoms with van der Waals surface area (Å²) < 4.78 is 0. The van der Waals surface area contributed by atoms with Gasteiger partial charge in [0.1, 0.15) is 0 Å². The monoisotopic (exact) mass is 210 g/mol. The quantitative estimate of drug-likeness (QED) is 0.539. The summed E-state index contributed by atoms with van der Waals surface area (Å²) in [6.07, 6.45) is 4.62. The van der Waals surface area contributed by atoms with Crippen molar-refractivity contribution < 1.29 is 9.90 Å². The minimum absolute atomic E-state index is 0.119. The molecule has 0 unspecified atom stereocenters. The second kappa shape index (κ2) is 5.53. The first-order valence-electron chi connectivity index (χ1n) is 5.23. The van der Waals surface area contributed by atoms with Crippen molar-refractivity contribution in [2.75, 3.05) is 7.05 Å². The standard InChI is InChI=1S/C11H18N2O2/c1-3-4-5-10(12-2)8-6-9(7-8)13-11(14)15/h3,8-9,13H,1,4-7H2,2H3,(H,14,15)/b12-10-. The molecule has 1 aliphatic rings. The molecule has 84 valence electrons. The van der Waals surface area contributed by atoms with E-state index >= 15 is 0 Å². The predicted molar refractivity (Wildman–Crippen MR) is 60.5 cm³/mol. The van der Waals surface area contributed by atoms with Crippen LogP contribution in [0.3, 0.4) is 0 Å². The number of hydrogen-bond donors (Lipinski definition) is 2. The maximum Gasteiger partial charge on any atom is 0.404 e. The molecule has 0 radical (unpaired) electrons. The van der Waals surface area contributed by atoms with Crippen LogP contribution in [0.25, 0.3) is 0 Å². The molecule has 0 bridgehead atoms. The van der Waals surface area contributed by atoms with Gasteiger partial charge in [-0.25, -0.2) is 4.79 Å². The van der Waals surface area contributed by atoms with Crippen molar-refractivity contribution in [1.29, 1.82) is 0 Å². The lowest BCUT2D eigenvalue weighted by atomic mass is 9.76. The van der Waals surface area contributed by atoms with E-state index in [4.69, 9.17) is 5.11 Å². The number of carbonyl (C=O) groups is 1. The van der Waals surface area contributed by atoms with E-state index < -0.39 is 6.09 Å². The molecule has 15 heavy (non-hydrogen) atoms. The molecule has 2 N–H and O–H groups in total. The van der Waals surface area contributed by atoms with E-state index in [1.54, 1.807) is 7.05 Å². The molecule has 0 aromatic carbocycles. The lowest BCUT2D eigenvalue weighted by Gasteiger charge is -2.35. The van der Waals surface area contributed by atoms with Crippen LogP contribution in [-0.2, 0) is 0 Å². The van der Waals surface area contributed by atoms with Gasteiger partial charge in [0.05, 0.1) is 0 Å². The van der Waals surface area contributed by atoms with Crippen LogP contribution in [-0.4, -0.2) is 30.0 Å². The van der Waals surface area contributed by atoms with Crippen molar-refractivity contribution in [3.05, 3.63) is 12.7 Å². The lowest BCUT2D eigenvalue weighted by Crippen LogP contribution is -2.46. The Hall–Kier alpha value is -1.32. The topological polar surface area (TPSA) is 61.7 Å². The molecule has 4 heteroatoms. The highest BCUT2D eigenvalue weighted by Crippen LogP contribution is 2.30. The molecule has 4 nitrogen and oxygen atoms in total. The van der Waals surface area contributed by atoms with Crippen LogP contribution in [0.5, 0.6) is 0 Å². The summed E-state index contributed by atoms with van der Waals surface area (Å²) >= 11 is 0. The van der Waals surface area contributed by atoms with Crippen molar-refractivity contribution >= 4 is 11.8 Å². The molecule has 1 fully saturated rings. The summed E-state index contributed by atoms with van der Waals surface area (Å²) in [7, 11) is 1.80. The number of aliphatic imine (C=N–C) groups is 1. The Bertz CT molecular complexity index is 268. The average molecular weight is 210 g/mol. The fourth-order valence-corrected chi connectivity index (χ4v) is 1.93. The zero-order valence-electron chi connectivity index (χ0n) is 9.07. The largest absolute Gasteiger partial charge is 0.465 e. The van der Waals surface area contributed by atoms with Gasteiger partial charge in [0.2, 0.25) is 0 Å². The Morgan fingerprint density at radius 2 is 2.33 bits per heavy atom. The molecule has 1 rings (SSSR count). The Morgan fingerprint density at radius 3 is 2.80 bits per heavy atom. The van der Waals surface area contributed by atoms with Crippen molar-refractivity contribution in [3.63, 3.8) is 0 Å². The van der Waals surface area contributed by atoms with Gasteiger partial charge in [0.15, 0.2) is 0 Å². The molecular weight excluding hydrogens is 192 g/mol. The van der Waals surface area contributed by atoms with E-state index in [1.807, 2.05) is 6.08 Å². The highest BCUT2D eigenvalue weighted by molar-refractivity contribution is 5.87. The number of allylic oxidation sites excluding steroid dienone is 1. The molecule has 0 aromatic rings. The molecule has 0 aromatic heterocycles. The third-order valence-electron chi connectivity index (χ3n) is 2.83. The Balaban J connectivity index is 2.29. The molecule has 0 heterocycles. The zero-order valence-corrected chi connectivity index (χ0v) is 9.07. The third-order valence-corrected chi connectivity index (χ3v) is 2.83. The minimum atomic E-state index is -0.931. The van der Waals surface area contributed by atoms with Crippen LogP contribution >= 0.6 is 0 Å². The van der Waals surface area contributed by atoms with Crippen LogP contribution in [0.1, 0.15) is 25.7 Å². The molecule has 0 atom stereocenters. The van der Waals surface area contributed by atoms with Gasteiger partial charge >= 0.3 is 6.09 Å². The van der Waals surface area contributed by atoms with Crippen molar-refractivity contribution in [1.82, 2.24) is 5.32 Å². The first-order valence-corrected chi connectivity index (χ1v) is 5.23. The van der Waals surface area contributed by atoms with Gasteiger partial charge in [0.25, 0.3) is 0 Å². The number of hydrogen-bond acceptors (Lipinski definition) is 2. The summed E-state index contributed by atoms with van der Waals surface area (Å²) in [5, 5.41) is 11.0. The fourth-order valence-electron chi connectivity index (χ4n) is 1.93. The van der Waals surface area contributed by atoms with Crippen LogP contribution in [0.15, 0.2) is 17.6 Å². The summed E-state index contributed by atoms with van der Waals surface area (Å²) in [4.78, 5) is 14.6.